The number of benzene rings is 1. The number of alkyl halides is 3. The predicted octanol–water partition coefficient (Wildman–Crippen LogP) is 4.21. The average Bonchev–Trinajstić information content (AvgIpc) is 3.27. The van der Waals surface area contributed by atoms with Crippen LogP contribution in [0.1, 0.15) is 27.3 Å². The Bertz CT molecular complexity index is 980. The molecule has 0 aliphatic heterocycles. The van der Waals surface area contributed by atoms with Gasteiger partial charge in [0, 0.05) is 5.38 Å². The molecule has 3 rings (SSSR count). The van der Waals surface area contributed by atoms with E-state index in [9.17, 15) is 18.0 Å². The summed E-state index contributed by atoms with van der Waals surface area (Å²) in [5.41, 5.74) is 0.188. The number of hydrogen-bond donors (Lipinski definition) is 1. The monoisotopic (exact) mass is 412 g/mol. The van der Waals surface area contributed by atoms with E-state index in [0.717, 1.165) is 34.8 Å². The lowest BCUT2D eigenvalue weighted by atomic mass is 10.1. The van der Waals surface area contributed by atoms with Crippen LogP contribution in [0.5, 0.6) is 0 Å². The molecule has 0 aliphatic carbocycles. The van der Waals surface area contributed by atoms with Gasteiger partial charge in [-0.1, -0.05) is 4.49 Å². The van der Waals surface area contributed by atoms with E-state index in [1.54, 1.807) is 12.3 Å². The maximum absolute atomic E-state index is 12.5. The smallest absolute Gasteiger partial charge is 0.416 e. The van der Waals surface area contributed by atoms with Crippen molar-refractivity contribution in [1.29, 1.82) is 5.41 Å². The highest BCUT2D eigenvalue weighted by Crippen LogP contribution is 2.30. The first kappa shape index (κ1) is 19.1. The second-order valence-corrected chi connectivity index (χ2v) is 6.97. The Morgan fingerprint density at radius 1 is 1.26 bits per heavy atom. The van der Waals surface area contributed by atoms with Crippen LogP contribution in [0.25, 0.3) is 9.88 Å². The molecule has 0 spiro atoms. The standard InChI is InChI=1S/C16H11F3N4O2S2/c1-8-13(27-23-22-8)14-21-12(7-26-14)11(20)6-25-15(24)9-2-4-10(5-3-9)16(17,18)19/h2-5,7,20H,6H2,1H3. The van der Waals surface area contributed by atoms with Gasteiger partial charge >= 0.3 is 12.1 Å². The number of carbonyl (C=O) groups excluding carboxylic acids is 1. The molecule has 2 aromatic heterocycles. The first-order valence-electron chi connectivity index (χ1n) is 7.42. The molecular formula is C16H11F3N4O2S2. The van der Waals surface area contributed by atoms with E-state index in [0.29, 0.717) is 10.7 Å². The second kappa shape index (κ2) is 7.53. The van der Waals surface area contributed by atoms with E-state index in [1.165, 1.54) is 22.9 Å². The highest BCUT2D eigenvalue weighted by molar-refractivity contribution is 7.18. The number of halogens is 3. The Morgan fingerprint density at radius 2 is 1.96 bits per heavy atom. The molecule has 0 aliphatic rings. The van der Waals surface area contributed by atoms with Crippen LogP contribution in [0.15, 0.2) is 29.6 Å². The number of aromatic nitrogens is 3. The fraction of sp³-hybridized carbons (Fsp3) is 0.188. The molecule has 1 N–H and O–H groups in total. The number of hydrogen-bond acceptors (Lipinski definition) is 8. The SMILES string of the molecule is Cc1nnsc1-c1nc(C(=N)COC(=O)c2ccc(C(F)(F)F)cc2)cs1. The largest absolute Gasteiger partial charge is 0.456 e. The number of ether oxygens (including phenoxy) is 1. The van der Waals surface area contributed by atoms with Crippen LogP contribution in [-0.2, 0) is 10.9 Å². The fourth-order valence-corrected chi connectivity index (χ4v) is 3.66. The molecule has 6 nitrogen and oxygen atoms in total. The highest BCUT2D eigenvalue weighted by atomic mass is 32.1. The minimum atomic E-state index is -4.47. The van der Waals surface area contributed by atoms with Crippen molar-refractivity contribution in [3.8, 4) is 9.88 Å². The molecule has 11 heteroatoms. The minimum Gasteiger partial charge on any atom is -0.456 e. The number of rotatable bonds is 5. The number of esters is 1. The molecule has 0 radical (unpaired) electrons. The van der Waals surface area contributed by atoms with Crippen molar-refractivity contribution < 1.29 is 22.7 Å². The lowest BCUT2D eigenvalue weighted by Crippen LogP contribution is -2.15. The summed E-state index contributed by atoms with van der Waals surface area (Å²) >= 11 is 2.51. The summed E-state index contributed by atoms with van der Waals surface area (Å²) in [4.78, 5) is 17.1. The number of thiazole rings is 1. The van der Waals surface area contributed by atoms with Crippen LogP contribution in [0.3, 0.4) is 0 Å². The first-order valence-corrected chi connectivity index (χ1v) is 9.08. The number of nitrogens with one attached hydrogen (secondary N) is 1. The van der Waals surface area contributed by atoms with Crippen LogP contribution < -0.4 is 0 Å². The van der Waals surface area contributed by atoms with Crippen molar-refractivity contribution in [2.45, 2.75) is 13.1 Å². The number of aryl methyl sites for hydroxylation is 1. The van der Waals surface area contributed by atoms with Gasteiger partial charge in [0.25, 0.3) is 0 Å². The molecule has 0 saturated heterocycles. The lowest BCUT2D eigenvalue weighted by molar-refractivity contribution is -0.137. The molecule has 0 unspecified atom stereocenters. The Balaban J connectivity index is 1.61. The molecule has 0 saturated carbocycles. The topological polar surface area (TPSA) is 88.8 Å². The summed E-state index contributed by atoms with van der Waals surface area (Å²) in [6, 6.07) is 3.69. The number of nitrogens with zero attached hydrogens (tertiary/aromatic N) is 3. The lowest BCUT2D eigenvalue weighted by Gasteiger charge is -2.08. The zero-order valence-electron chi connectivity index (χ0n) is 13.7. The molecule has 0 atom stereocenters. The van der Waals surface area contributed by atoms with Gasteiger partial charge in [0.05, 0.1) is 28.2 Å². The maximum atomic E-state index is 12.5. The van der Waals surface area contributed by atoms with Gasteiger partial charge in [-0.25, -0.2) is 9.78 Å². The van der Waals surface area contributed by atoms with Gasteiger partial charge in [-0.2, -0.15) is 13.2 Å². The van der Waals surface area contributed by atoms with Crippen molar-refractivity contribution in [2.24, 2.45) is 0 Å². The van der Waals surface area contributed by atoms with Crippen molar-refractivity contribution >= 4 is 34.6 Å². The van der Waals surface area contributed by atoms with Crippen molar-refractivity contribution in [3.05, 3.63) is 52.2 Å². The summed E-state index contributed by atoms with van der Waals surface area (Å²) in [6.07, 6.45) is -4.47. The van der Waals surface area contributed by atoms with Crippen molar-refractivity contribution in [3.63, 3.8) is 0 Å². The van der Waals surface area contributed by atoms with Gasteiger partial charge in [0.1, 0.15) is 16.5 Å². The summed E-state index contributed by atoms with van der Waals surface area (Å²) in [5.74, 6) is -0.813. The van der Waals surface area contributed by atoms with E-state index in [-0.39, 0.29) is 17.9 Å². The van der Waals surface area contributed by atoms with Crippen LogP contribution in [-0.4, -0.2) is 32.9 Å². The summed E-state index contributed by atoms with van der Waals surface area (Å²) in [5, 5.41) is 14.2. The van der Waals surface area contributed by atoms with E-state index in [1.807, 2.05) is 0 Å². The maximum Gasteiger partial charge on any atom is 0.416 e. The van der Waals surface area contributed by atoms with Gasteiger partial charge in [0.15, 0.2) is 0 Å². The van der Waals surface area contributed by atoms with Gasteiger partial charge in [-0.3, -0.25) is 5.41 Å². The van der Waals surface area contributed by atoms with Gasteiger partial charge < -0.3 is 4.74 Å². The molecule has 0 fully saturated rings. The summed E-state index contributed by atoms with van der Waals surface area (Å²) in [7, 11) is 0. The summed E-state index contributed by atoms with van der Waals surface area (Å²) < 4.78 is 46.4. The normalized spacial score (nSPS) is 11.4. The minimum absolute atomic E-state index is 0.0205. The molecule has 0 amide bonds. The molecule has 140 valence electrons. The molecule has 1 aromatic carbocycles. The second-order valence-electron chi connectivity index (χ2n) is 5.36. The van der Waals surface area contributed by atoms with E-state index in [4.69, 9.17) is 10.1 Å². The van der Waals surface area contributed by atoms with Crippen LogP contribution >= 0.6 is 22.9 Å². The highest BCUT2D eigenvalue weighted by Gasteiger charge is 2.30. The van der Waals surface area contributed by atoms with Crippen LogP contribution in [0.2, 0.25) is 0 Å². The number of carbonyl (C=O) groups is 1. The first-order chi connectivity index (χ1) is 12.8. The molecule has 3 aromatic rings. The van der Waals surface area contributed by atoms with Gasteiger partial charge in [0.2, 0.25) is 0 Å². The van der Waals surface area contributed by atoms with Gasteiger partial charge in [-0.05, 0) is 42.7 Å². The van der Waals surface area contributed by atoms with Crippen molar-refractivity contribution in [2.75, 3.05) is 6.61 Å². The Hall–Kier alpha value is -2.66. The van der Waals surface area contributed by atoms with E-state index < -0.39 is 17.7 Å². The van der Waals surface area contributed by atoms with Gasteiger partial charge in [-0.15, -0.1) is 16.4 Å². The predicted molar refractivity (Wildman–Crippen MR) is 94.3 cm³/mol. The zero-order valence-corrected chi connectivity index (χ0v) is 15.3. The molecule has 27 heavy (non-hydrogen) atoms. The summed E-state index contributed by atoms with van der Waals surface area (Å²) in [6.45, 7) is 1.46. The Kier molecular flexibility index (Phi) is 5.33. The Labute approximate surface area is 159 Å². The van der Waals surface area contributed by atoms with Crippen LogP contribution in [0.4, 0.5) is 13.2 Å². The quantitative estimate of drug-likeness (QED) is 0.501. The van der Waals surface area contributed by atoms with E-state index in [2.05, 4.69) is 14.6 Å². The Morgan fingerprint density at radius 3 is 2.56 bits per heavy atom. The molecule has 0 bridgehead atoms. The third-order valence-electron chi connectivity index (χ3n) is 3.45. The average molecular weight is 412 g/mol. The van der Waals surface area contributed by atoms with Crippen molar-refractivity contribution in [1.82, 2.24) is 14.6 Å². The third-order valence-corrected chi connectivity index (χ3v) is 5.28. The molecule has 2 heterocycles. The fourth-order valence-electron chi connectivity index (χ4n) is 2.03. The van der Waals surface area contributed by atoms with Crippen LogP contribution in [0, 0.1) is 12.3 Å². The zero-order chi connectivity index (χ0) is 19.6. The van der Waals surface area contributed by atoms with E-state index >= 15 is 0 Å². The molecular weight excluding hydrogens is 401 g/mol. The third kappa shape index (κ3) is 4.37.